The Bertz CT molecular complexity index is 138. The Hall–Kier alpha value is -0.640. The van der Waals surface area contributed by atoms with Crippen molar-refractivity contribution in [2.45, 2.75) is 32.5 Å². The number of alkyl halides is 1. The molecule has 1 unspecified atom stereocenters. The summed E-state index contributed by atoms with van der Waals surface area (Å²) in [7, 11) is 0. The first-order valence-corrected chi connectivity index (χ1v) is 3.57. The number of carboxylic acid groups (broad SMARTS) is 1. The molecule has 0 aliphatic heterocycles. The Kier molecular flexibility index (Phi) is 4.03. The van der Waals surface area contributed by atoms with E-state index in [0.717, 1.165) is 0 Å². The lowest BCUT2D eigenvalue weighted by molar-refractivity contribution is -0.139. The molecule has 0 radical (unpaired) electrons. The number of rotatable bonds is 4. The monoisotopic (exact) mass is 163 g/mol. The van der Waals surface area contributed by atoms with Crippen molar-refractivity contribution in [1.29, 1.82) is 0 Å². The van der Waals surface area contributed by atoms with Crippen LogP contribution < -0.4 is 5.73 Å². The molecule has 11 heavy (non-hydrogen) atoms. The van der Waals surface area contributed by atoms with Gasteiger partial charge in [0.2, 0.25) is 0 Å². The second-order valence-electron chi connectivity index (χ2n) is 2.94. The normalized spacial score (nSPS) is 16.5. The molecule has 0 saturated carbocycles. The van der Waals surface area contributed by atoms with E-state index in [2.05, 4.69) is 0 Å². The molecule has 0 rings (SSSR count). The minimum Gasteiger partial charge on any atom is -0.480 e. The molecule has 0 aromatic rings. The third-order valence-corrected chi connectivity index (χ3v) is 1.52. The third-order valence-electron chi connectivity index (χ3n) is 1.52. The Labute approximate surface area is 65.4 Å². The zero-order chi connectivity index (χ0) is 9.02. The average Bonchev–Trinajstić information content (AvgIpc) is 1.87. The van der Waals surface area contributed by atoms with Crippen molar-refractivity contribution in [3.05, 3.63) is 0 Å². The average molecular weight is 163 g/mol. The van der Waals surface area contributed by atoms with Gasteiger partial charge in [0.15, 0.2) is 0 Å². The van der Waals surface area contributed by atoms with Gasteiger partial charge in [-0.2, -0.15) is 0 Å². The maximum atomic E-state index is 12.8. The van der Waals surface area contributed by atoms with Crippen molar-refractivity contribution in [3.63, 3.8) is 0 Å². The van der Waals surface area contributed by atoms with Crippen LogP contribution in [0, 0.1) is 5.92 Å². The first-order valence-electron chi connectivity index (χ1n) is 3.57. The molecule has 66 valence electrons. The predicted molar refractivity (Wildman–Crippen MR) is 40.0 cm³/mol. The van der Waals surface area contributed by atoms with Crippen LogP contribution in [-0.4, -0.2) is 23.3 Å². The zero-order valence-corrected chi connectivity index (χ0v) is 6.75. The van der Waals surface area contributed by atoms with E-state index in [9.17, 15) is 9.18 Å². The van der Waals surface area contributed by atoms with Crippen LogP contribution in [0.4, 0.5) is 4.39 Å². The molecule has 0 aliphatic carbocycles. The van der Waals surface area contributed by atoms with Gasteiger partial charge in [0.1, 0.15) is 12.2 Å². The van der Waals surface area contributed by atoms with Gasteiger partial charge in [-0.25, -0.2) is 4.39 Å². The van der Waals surface area contributed by atoms with Gasteiger partial charge in [0.25, 0.3) is 0 Å². The molecule has 0 spiro atoms. The van der Waals surface area contributed by atoms with Crippen LogP contribution in [-0.2, 0) is 4.79 Å². The fourth-order valence-corrected chi connectivity index (χ4v) is 0.616. The Morgan fingerprint density at radius 3 is 2.36 bits per heavy atom. The van der Waals surface area contributed by atoms with Crippen molar-refractivity contribution >= 4 is 5.97 Å². The molecule has 0 heterocycles. The van der Waals surface area contributed by atoms with Gasteiger partial charge in [-0.15, -0.1) is 0 Å². The molecule has 0 fully saturated rings. The number of carboxylic acids is 1. The predicted octanol–water partition coefficient (Wildman–Crippen LogP) is 0.782. The quantitative estimate of drug-likeness (QED) is 0.643. The minimum atomic E-state index is -1.15. The van der Waals surface area contributed by atoms with Gasteiger partial charge in [0.05, 0.1) is 0 Å². The molecule has 0 saturated heterocycles. The van der Waals surface area contributed by atoms with Gasteiger partial charge in [0, 0.05) is 6.42 Å². The summed E-state index contributed by atoms with van der Waals surface area (Å²) in [6.45, 7) is 3.39. The standard InChI is InChI=1S/C7H14FNO2/c1-4(2)5(8)3-6(9)7(10)11/h4-6H,3,9H2,1-2H3,(H,10,11)/t5?,6-/m0/s1. The van der Waals surface area contributed by atoms with Crippen LogP contribution in [0.25, 0.3) is 0 Å². The first kappa shape index (κ1) is 10.4. The molecular formula is C7H14FNO2. The largest absolute Gasteiger partial charge is 0.480 e. The molecule has 0 aromatic carbocycles. The SMILES string of the molecule is CC(C)C(F)C[C@H](N)C(=O)O. The highest BCUT2D eigenvalue weighted by molar-refractivity contribution is 5.73. The van der Waals surface area contributed by atoms with E-state index in [-0.39, 0.29) is 12.3 Å². The summed E-state index contributed by atoms with van der Waals surface area (Å²) in [6, 6.07) is -1.08. The maximum absolute atomic E-state index is 12.8. The van der Waals surface area contributed by atoms with Crippen molar-refractivity contribution in [1.82, 2.24) is 0 Å². The topological polar surface area (TPSA) is 63.3 Å². The second-order valence-corrected chi connectivity index (χ2v) is 2.94. The van der Waals surface area contributed by atoms with E-state index < -0.39 is 18.2 Å². The summed E-state index contributed by atoms with van der Waals surface area (Å²) in [6.07, 6.45) is -1.23. The van der Waals surface area contributed by atoms with Crippen LogP contribution >= 0.6 is 0 Å². The molecular weight excluding hydrogens is 149 g/mol. The number of halogens is 1. The van der Waals surface area contributed by atoms with Crippen molar-refractivity contribution in [2.24, 2.45) is 11.7 Å². The van der Waals surface area contributed by atoms with E-state index >= 15 is 0 Å². The Balaban J connectivity index is 3.75. The summed E-state index contributed by atoms with van der Waals surface area (Å²) < 4.78 is 12.8. The van der Waals surface area contributed by atoms with Crippen LogP contribution in [0.1, 0.15) is 20.3 Å². The fraction of sp³-hybridized carbons (Fsp3) is 0.857. The van der Waals surface area contributed by atoms with Gasteiger partial charge in [-0.3, -0.25) is 4.79 Å². The number of aliphatic carboxylic acids is 1. The highest BCUT2D eigenvalue weighted by Crippen LogP contribution is 2.11. The molecule has 4 heteroatoms. The molecule has 0 aliphatic rings. The molecule has 0 aromatic heterocycles. The lowest BCUT2D eigenvalue weighted by Crippen LogP contribution is -2.34. The molecule has 3 nitrogen and oxygen atoms in total. The summed E-state index contributed by atoms with van der Waals surface area (Å²) >= 11 is 0. The Morgan fingerprint density at radius 2 is 2.09 bits per heavy atom. The molecule has 3 N–H and O–H groups in total. The van der Waals surface area contributed by atoms with E-state index in [0.29, 0.717) is 0 Å². The summed E-state index contributed by atoms with van der Waals surface area (Å²) in [5.74, 6) is -1.31. The number of hydrogen-bond acceptors (Lipinski definition) is 2. The van der Waals surface area contributed by atoms with E-state index in [1.165, 1.54) is 0 Å². The minimum absolute atomic E-state index is 0.104. The summed E-state index contributed by atoms with van der Waals surface area (Å²) in [4.78, 5) is 10.2. The molecule has 2 atom stereocenters. The van der Waals surface area contributed by atoms with E-state index in [1.54, 1.807) is 13.8 Å². The number of nitrogens with two attached hydrogens (primary N) is 1. The van der Waals surface area contributed by atoms with Crippen molar-refractivity contribution in [3.8, 4) is 0 Å². The van der Waals surface area contributed by atoms with Crippen LogP contribution in [0.3, 0.4) is 0 Å². The lowest BCUT2D eigenvalue weighted by atomic mass is 10.0. The number of carbonyl (C=O) groups is 1. The smallest absolute Gasteiger partial charge is 0.320 e. The molecule has 0 bridgehead atoms. The second kappa shape index (κ2) is 4.28. The highest BCUT2D eigenvalue weighted by Gasteiger charge is 2.20. The van der Waals surface area contributed by atoms with Gasteiger partial charge in [-0.1, -0.05) is 13.8 Å². The van der Waals surface area contributed by atoms with Crippen LogP contribution in [0.5, 0.6) is 0 Å². The van der Waals surface area contributed by atoms with Crippen molar-refractivity contribution in [2.75, 3.05) is 0 Å². The molecule has 0 amide bonds. The lowest BCUT2D eigenvalue weighted by Gasteiger charge is -2.13. The highest BCUT2D eigenvalue weighted by atomic mass is 19.1. The van der Waals surface area contributed by atoms with Crippen molar-refractivity contribution < 1.29 is 14.3 Å². The van der Waals surface area contributed by atoms with Gasteiger partial charge < -0.3 is 10.8 Å². The van der Waals surface area contributed by atoms with E-state index in [1.807, 2.05) is 0 Å². The Morgan fingerprint density at radius 1 is 1.64 bits per heavy atom. The summed E-state index contributed by atoms with van der Waals surface area (Å²) in [5.41, 5.74) is 5.12. The first-order chi connectivity index (χ1) is 4.95. The summed E-state index contributed by atoms with van der Waals surface area (Å²) in [5, 5.41) is 8.32. The van der Waals surface area contributed by atoms with Gasteiger partial charge >= 0.3 is 5.97 Å². The van der Waals surface area contributed by atoms with Gasteiger partial charge in [-0.05, 0) is 5.92 Å². The zero-order valence-electron chi connectivity index (χ0n) is 6.75. The fourth-order valence-electron chi connectivity index (χ4n) is 0.616. The third kappa shape index (κ3) is 3.93. The van der Waals surface area contributed by atoms with E-state index in [4.69, 9.17) is 10.8 Å². The maximum Gasteiger partial charge on any atom is 0.320 e. The van der Waals surface area contributed by atoms with Crippen LogP contribution in [0.15, 0.2) is 0 Å². The van der Waals surface area contributed by atoms with Crippen LogP contribution in [0.2, 0.25) is 0 Å². The number of hydrogen-bond donors (Lipinski definition) is 2.